The third kappa shape index (κ3) is 3.60. The van der Waals surface area contributed by atoms with E-state index >= 15 is 0 Å². The molecule has 2 aromatic heterocycles. The summed E-state index contributed by atoms with van der Waals surface area (Å²) in [5, 5.41) is 11.8. The largest absolute Gasteiger partial charge is 0.323 e. The van der Waals surface area contributed by atoms with Gasteiger partial charge in [0.25, 0.3) is 0 Å². The van der Waals surface area contributed by atoms with Gasteiger partial charge in [0.1, 0.15) is 5.82 Å². The van der Waals surface area contributed by atoms with Gasteiger partial charge in [-0.25, -0.2) is 4.39 Å². The van der Waals surface area contributed by atoms with Gasteiger partial charge < -0.3 is 5.32 Å². The second-order valence-electron chi connectivity index (χ2n) is 5.97. The number of aromatic nitrogens is 4. The van der Waals surface area contributed by atoms with E-state index in [1.165, 1.54) is 23.9 Å². The summed E-state index contributed by atoms with van der Waals surface area (Å²) in [5.74, 6) is 0.156. The summed E-state index contributed by atoms with van der Waals surface area (Å²) in [6.07, 6.45) is 5.60. The van der Waals surface area contributed by atoms with Crippen LogP contribution >= 0.6 is 11.8 Å². The zero-order chi connectivity index (χ0) is 17.9. The number of amides is 1. The number of nitrogens with zero attached hydrogens (tertiary/aromatic N) is 4. The quantitative estimate of drug-likeness (QED) is 0.673. The first-order chi connectivity index (χ1) is 12.7. The van der Waals surface area contributed by atoms with E-state index in [1.807, 2.05) is 12.1 Å². The molecule has 1 fully saturated rings. The minimum Gasteiger partial charge on any atom is -0.323 e. The lowest BCUT2D eigenvalue weighted by Crippen LogP contribution is -2.15. The number of nitrogens with one attached hydrogen (secondary N) is 1. The Labute approximate surface area is 153 Å². The van der Waals surface area contributed by atoms with Crippen LogP contribution in [0.4, 0.5) is 10.1 Å². The topological polar surface area (TPSA) is 72.7 Å². The summed E-state index contributed by atoms with van der Waals surface area (Å²) in [7, 11) is 0. The molecular weight excluding hydrogens is 353 g/mol. The highest BCUT2D eigenvalue weighted by Crippen LogP contribution is 2.40. The fourth-order valence-electron chi connectivity index (χ4n) is 2.61. The van der Waals surface area contributed by atoms with E-state index < -0.39 is 5.82 Å². The Morgan fingerprint density at radius 2 is 2.08 bits per heavy atom. The Balaban J connectivity index is 1.48. The molecule has 0 spiro atoms. The molecule has 1 amide bonds. The molecular formula is C18H16FN5OS. The molecule has 8 heteroatoms. The molecule has 26 heavy (non-hydrogen) atoms. The normalized spacial score (nSPS) is 13.6. The molecule has 0 radical (unpaired) electrons. The molecule has 1 aliphatic carbocycles. The molecule has 1 aromatic carbocycles. The molecule has 0 atom stereocenters. The number of carbonyl (C=O) groups is 1. The number of thioether (sulfide) groups is 1. The van der Waals surface area contributed by atoms with Crippen molar-refractivity contribution in [3.63, 3.8) is 0 Å². The van der Waals surface area contributed by atoms with Gasteiger partial charge in [-0.15, -0.1) is 10.2 Å². The van der Waals surface area contributed by atoms with Crippen LogP contribution in [0.3, 0.4) is 0 Å². The van der Waals surface area contributed by atoms with Gasteiger partial charge in [0, 0.05) is 24.0 Å². The summed E-state index contributed by atoms with van der Waals surface area (Å²) >= 11 is 1.30. The Hall–Kier alpha value is -2.74. The highest BCUT2D eigenvalue weighted by atomic mass is 32.2. The molecule has 1 N–H and O–H groups in total. The molecule has 0 unspecified atom stereocenters. The van der Waals surface area contributed by atoms with Crippen molar-refractivity contribution in [1.82, 2.24) is 19.7 Å². The van der Waals surface area contributed by atoms with Gasteiger partial charge in [-0.3, -0.25) is 14.3 Å². The smallest absolute Gasteiger partial charge is 0.234 e. The zero-order valence-corrected chi connectivity index (χ0v) is 14.6. The standard InChI is InChI=1S/C18H16FN5OS/c19-14-5-1-2-6-15(14)21-16(25)11-26-18-23-22-17(24(18)13-7-8-13)12-4-3-9-20-10-12/h1-6,9-10,13H,7-8,11H2,(H,21,25). The van der Waals surface area contributed by atoms with Crippen molar-refractivity contribution in [1.29, 1.82) is 0 Å². The first-order valence-corrected chi connectivity index (χ1v) is 9.23. The van der Waals surface area contributed by atoms with Gasteiger partial charge in [0.15, 0.2) is 11.0 Å². The first kappa shape index (κ1) is 16.7. The van der Waals surface area contributed by atoms with Crippen LogP contribution in [0.25, 0.3) is 11.4 Å². The monoisotopic (exact) mass is 369 g/mol. The van der Waals surface area contributed by atoms with E-state index in [1.54, 1.807) is 24.5 Å². The van der Waals surface area contributed by atoms with Gasteiger partial charge in [-0.2, -0.15) is 0 Å². The molecule has 0 saturated heterocycles. The molecule has 0 aliphatic heterocycles. The number of para-hydroxylation sites is 1. The highest BCUT2D eigenvalue weighted by molar-refractivity contribution is 7.99. The van der Waals surface area contributed by atoms with Crippen molar-refractivity contribution < 1.29 is 9.18 Å². The number of pyridine rings is 1. The van der Waals surface area contributed by atoms with E-state index in [0.29, 0.717) is 11.2 Å². The van der Waals surface area contributed by atoms with Crippen molar-refractivity contribution in [2.24, 2.45) is 0 Å². The Morgan fingerprint density at radius 3 is 2.81 bits per heavy atom. The van der Waals surface area contributed by atoms with E-state index in [4.69, 9.17) is 0 Å². The molecule has 2 heterocycles. The third-order valence-electron chi connectivity index (χ3n) is 3.98. The third-order valence-corrected chi connectivity index (χ3v) is 4.92. The van der Waals surface area contributed by atoms with E-state index in [-0.39, 0.29) is 17.3 Å². The number of benzene rings is 1. The minimum absolute atomic E-state index is 0.131. The van der Waals surface area contributed by atoms with E-state index in [2.05, 4.69) is 25.1 Å². The molecule has 6 nitrogen and oxygen atoms in total. The summed E-state index contributed by atoms with van der Waals surface area (Å²) in [5.41, 5.74) is 1.08. The maximum Gasteiger partial charge on any atom is 0.234 e. The SMILES string of the molecule is O=C(CSc1nnc(-c2cccnc2)n1C1CC1)Nc1ccccc1F. The van der Waals surface area contributed by atoms with Crippen molar-refractivity contribution in [3.8, 4) is 11.4 Å². The Morgan fingerprint density at radius 1 is 1.23 bits per heavy atom. The number of carbonyl (C=O) groups excluding carboxylic acids is 1. The average Bonchev–Trinajstić information content (AvgIpc) is 3.42. The van der Waals surface area contributed by atoms with Crippen LogP contribution in [0.15, 0.2) is 53.9 Å². The molecule has 1 saturated carbocycles. The van der Waals surface area contributed by atoms with Crippen molar-refractivity contribution >= 4 is 23.4 Å². The fraction of sp³-hybridized carbons (Fsp3) is 0.222. The van der Waals surface area contributed by atoms with Crippen LogP contribution < -0.4 is 5.32 Å². The van der Waals surface area contributed by atoms with Gasteiger partial charge in [0.05, 0.1) is 11.4 Å². The lowest BCUT2D eigenvalue weighted by atomic mass is 10.3. The van der Waals surface area contributed by atoms with Crippen LogP contribution in [0.1, 0.15) is 18.9 Å². The fourth-order valence-corrected chi connectivity index (χ4v) is 3.41. The summed E-state index contributed by atoms with van der Waals surface area (Å²) in [6.45, 7) is 0. The summed E-state index contributed by atoms with van der Waals surface area (Å²) < 4.78 is 15.7. The minimum atomic E-state index is -0.453. The number of halogens is 1. The Kier molecular flexibility index (Phi) is 4.66. The highest BCUT2D eigenvalue weighted by Gasteiger charge is 2.30. The second-order valence-corrected chi connectivity index (χ2v) is 6.91. The van der Waals surface area contributed by atoms with Crippen LogP contribution in [-0.2, 0) is 4.79 Å². The molecule has 4 rings (SSSR count). The lowest BCUT2D eigenvalue weighted by Gasteiger charge is -2.09. The second kappa shape index (κ2) is 7.25. The molecule has 132 valence electrons. The predicted octanol–water partition coefficient (Wildman–Crippen LogP) is 3.54. The Bertz CT molecular complexity index is 926. The number of hydrogen-bond acceptors (Lipinski definition) is 5. The lowest BCUT2D eigenvalue weighted by molar-refractivity contribution is -0.113. The molecule has 3 aromatic rings. The summed E-state index contributed by atoms with van der Waals surface area (Å²) in [6, 6.07) is 10.3. The van der Waals surface area contributed by atoms with E-state index in [0.717, 1.165) is 24.2 Å². The number of rotatable bonds is 6. The number of hydrogen-bond donors (Lipinski definition) is 1. The van der Waals surface area contributed by atoms with Gasteiger partial charge in [-0.05, 0) is 37.1 Å². The predicted molar refractivity (Wildman–Crippen MR) is 97.3 cm³/mol. The van der Waals surface area contributed by atoms with Crippen LogP contribution in [-0.4, -0.2) is 31.4 Å². The van der Waals surface area contributed by atoms with Crippen LogP contribution in [0.5, 0.6) is 0 Å². The summed E-state index contributed by atoms with van der Waals surface area (Å²) in [4.78, 5) is 16.3. The zero-order valence-electron chi connectivity index (χ0n) is 13.8. The van der Waals surface area contributed by atoms with Crippen molar-refractivity contribution in [2.75, 3.05) is 11.1 Å². The number of anilines is 1. The maximum absolute atomic E-state index is 13.6. The molecule has 1 aliphatic rings. The van der Waals surface area contributed by atoms with Crippen molar-refractivity contribution in [3.05, 3.63) is 54.6 Å². The van der Waals surface area contributed by atoms with Gasteiger partial charge in [-0.1, -0.05) is 23.9 Å². The van der Waals surface area contributed by atoms with Crippen molar-refractivity contribution in [2.45, 2.75) is 24.0 Å². The van der Waals surface area contributed by atoms with E-state index in [9.17, 15) is 9.18 Å². The van der Waals surface area contributed by atoms with Crippen LogP contribution in [0.2, 0.25) is 0 Å². The first-order valence-electron chi connectivity index (χ1n) is 8.25. The average molecular weight is 369 g/mol. The van der Waals surface area contributed by atoms with Crippen LogP contribution in [0, 0.1) is 5.82 Å². The van der Waals surface area contributed by atoms with Gasteiger partial charge in [0.2, 0.25) is 5.91 Å². The maximum atomic E-state index is 13.6. The molecule has 0 bridgehead atoms. The van der Waals surface area contributed by atoms with Gasteiger partial charge >= 0.3 is 0 Å².